The maximum Gasteiger partial charge on any atom is 0.261 e. The summed E-state index contributed by atoms with van der Waals surface area (Å²) in [4.78, 5) is 10.0. The van der Waals surface area contributed by atoms with E-state index in [9.17, 15) is 13.2 Å². The fourth-order valence-electron chi connectivity index (χ4n) is 0.535. The number of halogens is 1. The summed E-state index contributed by atoms with van der Waals surface area (Å²) in [5, 5.41) is 4.38. The van der Waals surface area contributed by atoms with Gasteiger partial charge < -0.3 is 0 Å². The Labute approximate surface area is 70.7 Å². The summed E-state index contributed by atoms with van der Waals surface area (Å²) in [7, 11) is 0.495. The summed E-state index contributed by atoms with van der Waals surface area (Å²) < 4.78 is 21.2. The van der Waals surface area contributed by atoms with Crippen LogP contribution in [0.3, 0.4) is 0 Å². The van der Waals surface area contributed by atoms with Gasteiger partial charge >= 0.3 is 0 Å². The first-order valence-corrected chi connectivity index (χ1v) is 6.14. The second-order valence-corrected chi connectivity index (χ2v) is 5.70. The number of hydrogen-bond donors (Lipinski definition) is 0. The van der Waals surface area contributed by atoms with Gasteiger partial charge in [-0.25, -0.2) is 13.2 Å². The molecular weight excluding hydrogens is 208 g/mol. The van der Waals surface area contributed by atoms with Crippen molar-refractivity contribution in [2.24, 2.45) is 0 Å². The number of allylic oxidation sites excluding steroid dienone is 1. The Bertz CT molecular complexity index is 384. The Hall–Kier alpha value is -0.350. The summed E-state index contributed by atoms with van der Waals surface area (Å²) in [6.07, 6.45) is 1.30. The third-order valence-corrected chi connectivity index (χ3v) is 3.63. The van der Waals surface area contributed by atoms with Crippen LogP contribution in [0.2, 0.25) is 0 Å². The van der Waals surface area contributed by atoms with Crippen molar-refractivity contribution in [3.63, 3.8) is 0 Å². The van der Waals surface area contributed by atoms with Gasteiger partial charge in [0, 0.05) is 10.7 Å². The van der Waals surface area contributed by atoms with Gasteiger partial charge in [0.1, 0.15) is 0 Å². The molecule has 60 valence electrons. The molecule has 0 saturated heterocycles. The van der Waals surface area contributed by atoms with Gasteiger partial charge in [-0.3, -0.25) is 0 Å². The normalized spacial score (nSPS) is 23.0. The van der Waals surface area contributed by atoms with Crippen LogP contribution in [0.1, 0.15) is 0 Å². The van der Waals surface area contributed by atoms with Crippen molar-refractivity contribution in [1.29, 1.82) is 0 Å². The van der Waals surface area contributed by atoms with Crippen molar-refractivity contribution in [2.75, 3.05) is 0 Å². The average molecular weight is 211 g/mol. The highest BCUT2D eigenvalue weighted by atomic mass is 35.7. The highest BCUT2D eigenvalue weighted by Gasteiger charge is 2.14. The summed E-state index contributed by atoms with van der Waals surface area (Å²) in [6, 6.07) is 0. The fraction of sp³-hybridized carbons (Fsp3) is 0. The monoisotopic (exact) mass is 210 g/mol. The van der Waals surface area contributed by atoms with Gasteiger partial charge in [-0.1, -0.05) is 10.5 Å². The Morgan fingerprint density at radius 1 is 1.55 bits per heavy atom. The Kier molecular flexibility index (Phi) is 2.34. The van der Waals surface area contributed by atoms with Crippen molar-refractivity contribution in [3.05, 3.63) is 21.8 Å². The van der Waals surface area contributed by atoms with Crippen molar-refractivity contribution >= 4 is 35.5 Å². The van der Waals surface area contributed by atoms with Gasteiger partial charge in [0.25, 0.3) is 9.05 Å². The van der Waals surface area contributed by atoms with Crippen LogP contribution in [-0.2, 0) is 13.8 Å². The molecule has 0 fully saturated rings. The molecule has 1 atom stereocenters. The van der Waals surface area contributed by atoms with E-state index in [-0.39, 0.29) is 4.91 Å². The van der Waals surface area contributed by atoms with E-state index in [0.717, 1.165) is 0 Å². The molecule has 1 rings (SSSR count). The minimum atomic E-state index is -3.67. The van der Waals surface area contributed by atoms with Crippen LogP contribution in [0.25, 0.3) is 0 Å². The lowest BCUT2D eigenvalue weighted by molar-refractivity contribution is 0.572. The molecule has 0 amide bonds. The quantitative estimate of drug-likeness (QED) is 0.484. The second-order valence-electron chi connectivity index (χ2n) is 1.72. The van der Waals surface area contributed by atoms with Crippen LogP contribution < -0.4 is 0 Å². The van der Waals surface area contributed by atoms with E-state index in [2.05, 4.69) is 0 Å². The van der Waals surface area contributed by atoms with Gasteiger partial charge in [0.15, 0.2) is 5.23 Å². The summed E-state index contributed by atoms with van der Waals surface area (Å²) in [5.74, 6) is 0. The van der Waals surface area contributed by atoms with E-state index in [1.165, 1.54) is 16.9 Å². The molecular formula is C5H3ClO3S2. The third-order valence-electron chi connectivity index (χ3n) is 1.000. The lowest BCUT2D eigenvalue weighted by Crippen LogP contribution is -1.87. The van der Waals surface area contributed by atoms with Crippen molar-refractivity contribution in [1.82, 2.24) is 0 Å². The van der Waals surface area contributed by atoms with E-state index in [4.69, 9.17) is 10.7 Å². The van der Waals surface area contributed by atoms with Gasteiger partial charge in [-0.05, 0) is 16.9 Å². The van der Waals surface area contributed by atoms with E-state index < -0.39 is 19.5 Å². The molecule has 6 heteroatoms. The number of hydrogen-bond acceptors (Lipinski definition) is 3. The van der Waals surface area contributed by atoms with Crippen molar-refractivity contribution in [3.8, 4) is 0 Å². The molecule has 0 aliphatic carbocycles. The van der Waals surface area contributed by atoms with Gasteiger partial charge in [0.05, 0.1) is 4.91 Å². The van der Waals surface area contributed by atoms with E-state index >= 15 is 0 Å². The Morgan fingerprint density at radius 3 is 2.45 bits per heavy atom. The zero-order chi connectivity index (χ0) is 8.48. The highest BCUT2D eigenvalue weighted by Crippen LogP contribution is 2.29. The predicted molar refractivity (Wildman–Crippen MR) is 45.3 cm³/mol. The molecule has 0 spiro atoms. The Balaban J connectivity index is 3.18. The molecule has 0 aromatic rings. The van der Waals surface area contributed by atoms with Crippen LogP contribution in [0.5, 0.6) is 0 Å². The summed E-state index contributed by atoms with van der Waals surface area (Å²) in [6.45, 7) is 0. The molecule has 1 heterocycles. The SMILES string of the molecule is O=C=S1C=CC(S(=O)(=O)Cl)=C1. The summed E-state index contributed by atoms with van der Waals surface area (Å²) >= 11 is 0. The first-order chi connectivity index (χ1) is 5.04. The lowest BCUT2D eigenvalue weighted by atomic mass is 10.6. The minimum Gasteiger partial charge on any atom is -0.226 e. The molecule has 0 N–H and O–H groups in total. The molecule has 11 heavy (non-hydrogen) atoms. The minimum absolute atomic E-state index is 0.0224. The molecule has 0 bridgehead atoms. The second kappa shape index (κ2) is 2.95. The molecule has 0 saturated carbocycles. The van der Waals surface area contributed by atoms with E-state index in [1.54, 1.807) is 5.23 Å². The molecule has 3 nitrogen and oxygen atoms in total. The molecule has 1 unspecified atom stereocenters. The number of rotatable bonds is 1. The van der Waals surface area contributed by atoms with Crippen LogP contribution in [0.15, 0.2) is 21.8 Å². The molecule has 0 aromatic heterocycles. The predicted octanol–water partition coefficient (Wildman–Crippen LogP) is 1.26. The van der Waals surface area contributed by atoms with Gasteiger partial charge in [-0.2, -0.15) is 0 Å². The molecule has 0 aromatic carbocycles. The van der Waals surface area contributed by atoms with E-state index in [1.807, 2.05) is 0 Å². The van der Waals surface area contributed by atoms with Crippen LogP contribution in [-0.4, -0.2) is 13.7 Å². The Morgan fingerprint density at radius 2 is 2.18 bits per heavy atom. The zero-order valence-corrected chi connectivity index (χ0v) is 7.54. The van der Waals surface area contributed by atoms with Crippen LogP contribution >= 0.6 is 21.2 Å². The maximum absolute atomic E-state index is 10.6. The lowest BCUT2D eigenvalue weighted by Gasteiger charge is -1.87. The highest BCUT2D eigenvalue weighted by molar-refractivity contribution is 8.22. The third kappa shape index (κ3) is 2.04. The number of carbonyl (C=O) groups excluding carboxylic acids is 1. The molecule has 1 aliphatic rings. The first-order valence-electron chi connectivity index (χ1n) is 2.48. The smallest absolute Gasteiger partial charge is 0.226 e. The molecule has 0 radical (unpaired) electrons. The van der Waals surface area contributed by atoms with Gasteiger partial charge in [0.2, 0.25) is 0 Å². The van der Waals surface area contributed by atoms with E-state index in [0.29, 0.717) is 0 Å². The zero-order valence-electron chi connectivity index (χ0n) is 5.15. The summed E-state index contributed by atoms with van der Waals surface area (Å²) in [5.41, 5.74) is 0. The van der Waals surface area contributed by atoms with Crippen molar-refractivity contribution < 1.29 is 13.2 Å². The largest absolute Gasteiger partial charge is 0.261 e. The molecule has 1 aliphatic heterocycles. The maximum atomic E-state index is 10.6. The van der Waals surface area contributed by atoms with Gasteiger partial charge in [-0.15, -0.1) is 0 Å². The average Bonchev–Trinajstić information content (AvgIpc) is 2.32. The standard InChI is InChI=1S/C5H3ClO3S2/c6-11(8,9)5-1-2-10(3-5)4-7/h1-3H. The fourth-order valence-corrected chi connectivity index (χ4v) is 2.91. The first kappa shape index (κ1) is 8.74. The topological polar surface area (TPSA) is 51.2 Å². The van der Waals surface area contributed by atoms with Crippen molar-refractivity contribution in [2.45, 2.75) is 0 Å². The van der Waals surface area contributed by atoms with Crippen LogP contribution in [0.4, 0.5) is 0 Å². The van der Waals surface area contributed by atoms with Crippen LogP contribution in [0, 0.1) is 0 Å².